The fourth-order valence-electron chi connectivity index (χ4n) is 8.73. The number of amides is 3. The Kier molecular flexibility index (Phi) is 14.2. The maximum Gasteiger partial charge on any atom is 0.303 e. The van der Waals surface area contributed by atoms with E-state index >= 15 is 0 Å². The number of likely N-dealkylation sites (tertiary alicyclic amines) is 1. The maximum absolute atomic E-state index is 14.7. The number of nitrogens with one attached hydrogen (secondary N) is 1. The Balaban J connectivity index is 1.78. The molecule has 1 aromatic carbocycles. The summed E-state index contributed by atoms with van der Waals surface area (Å²) >= 11 is 0. The summed E-state index contributed by atoms with van der Waals surface area (Å²) < 4.78 is 0. The molecule has 57 heavy (non-hydrogen) atoms. The Hall–Kier alpha value is -4.21. The van der Waals surface area contributed by atoms with Crippen molar-refractivity contribution < 1.29 is 34.2 Å². The number of hydrogen-bond donors (Lipinski definition) is 3. The van der Waals surface area contributed by atoms with Crippen LogP contribution in [0.3, 0.4) is 0 Å². The number of nitrogens with zero attached hydrogens (tertiary/aromatic N) is 2. The smallest absolute Gasteiger partial charge is 0.303 e. The lowest BCUT2D eigenvalue weighted by Crippen LogP contribution is -2.58. The molecule has 3 amide bonds. The van der Waals surface area contributed by atoms with Crippen LogP contribution in [0.15, 0.2) is 29.5 Å². The molecular weight excluding hydrogens is 719 g/mol. The molecule has 10 nitrogen and oxygen atoms in total. The minimum absolute atomic E-state index is 0.0113. The van der Waals surface area contributed by atoms with Crippen molar-refractivity contribution in [1.82, 2.24) is 15.1 Å². The SMILES string of the molecule is C=c1c2ccc3c1=C(CCC(C)C/C(C(=O)NCC(C)(C)CCC(C)(C)CC(=O)O)=C\C(N1CCCC1)=C2CC)C(=O)N(C(C)(C)CCC(C)(C)CC(=O)O)C3=O. The summed E-state index contributed by atoms with van der Waals surface area (Å²) in [5.74, 6) is -2.48. The van der Waals surface area contributed by atoms with Crippen LogP contribution in [0.1, 0.15) is 162 Å². The third-order valence-corrected chi connectivity index (χ3v) is 12.5. The molecule has 4 rings (SSSR count). The van der Waals surface area contributed by atoms with Gasteiger partial charge in [-0.2, -0.15) is 0 Å². The average molecular weight is 788 g/mol. The van der Waals surface area contributed by atoms with Gasteiger partial charge in [0.1, 0.15) is 0 Å². The van der Waals surface area contributed by atoms with Gasteiger partial charge in [0.2, 0.25) is 5.91 Å². The number of hydrogen-bond acceptors (Lipinski definition) is 6. The number of rotatable bonds is 16. The van der Waals surface area contributed by atoms with Gasteiger partial charge in [0.25, 0.3) is 11.8 Å². The van der Waals surface area contributed by atoms with E-state index in [2.05, 4.69) is 50.6 Å². The number of carbonyl (C=O) groups excluding carboxylic acids is 3. The zero-order valence-electron chi connectivity index (χ0n) is 36.5. The molecule has 0 saturated carbocycles. The molecule has 0 aromatic heterocycles. The first-order valence-electron chi connectivity index (χ1n) is 21.0. The van der Waals surface area contributed by atoms with Crippen LogP contribution in [0.25, 0.3) is 17.7 Å². The lowest BCUT2D eigenvalue weighted by Gasteiger charge is -2.41. The van der Waals surface area contributed by atoms with Gasteiger partial charge in [-0.1, -0.05) is 68.0 Å². The first kappa shape index (κ1) is 45.5. The molecule has 2 aliphatic heterocycles. The Bertz CT molecular complexity index is 1930. The van der Waals surface area contributed by atoms with Gasteiger partial charge in [-0.05, 0) is 129 Å². The van der Waals surface area contributed by atoms with Gasteiger partial charge in [0.05, 0.1) is 12.8 Å². The number of carbonyl (C=O) groups is 5. The fraction of sp³-hybridized carbons (Fsp3) is 0.638. The van der Waals surface area contributed by atoms with Crippen LogP contribution in [-0.4, -0.2) is 74.8 Å². The highest BCUT2D eigenvalue weighted by Gasteiger charge is 2.43. The van der Waals surface area contributed by atoms with E-state index < -0.39 is 22.9 Å². The van der Waals surface area contributed by atoms with Crippen molar-refractivity contribution in [2.24, 2.45) is 22.2 Å². The van der Waals surface area contributed by atoms with E-state index in [1.165, 1.54) is 4.90 Å². The standard InChI is InChI=1S/C47H69N3O7/c1-12-33-34-17-18-36-40(31(34)3)35(42(56)50(43(36)57)47(10,11)22-21-45(6,7)28-39(53)54)16-15-30(2)25-32(26-37(33)49-23-13-14-24-49)41(55)48-29-46(8,9)20-19-44(4,5)27-38(51)52/h17-18,26,30H,3,12-16,19-25,27-29H2,1-2,4-11H3,(H,48,55)(H,51,52)(H,53,54)/b32-26+,37-33?. The molecule has 1 atom stereocenters. The first-order valence-corrected chi connectivity index (χ1v) is 21.0. The quantitative estimate of drug-likeness (QED) is 0.145. The van der Waals surface area contributed by atoms with Gasteiger partial charge in [-0.3, -0.25) is 28.9 Å². The molecular formula is C47H69N3O7. The van der Waals surface area contributed by atoms with Crippen molar-refractivity contribution in [3.63, 3.8) is 0 Å². The molecule has 3 N–H and O–H groups in total. The van der Waals surface area contributed by atoms with E-state index in [0.29, 0.717) is 72.2 Å². The summed E-state index contributed by atoms with van der Waals surface area (Å²) in [7, 11) is 0. The zero-order chi connectivity index (χ0) is 42.7. The molecule has 314 valence electrons. The largest absolute Gasteiger partial charge is 0.481 e. The lowest BCUT2D eigenvalue weighted by molar-refractivity contribution is -0.140. The van der Waals surface area contributed by atoms with Crippen molar-refractivity contribution in [1.29, 1.82) is 0 Å². The van der Waals surface area contributed by atoms with E-state index in [1.54, 1.807) is 0 Å². The normalized spacial score (nSPS) is 19.6. The van der Waals surface area contributed by atoms with E-state index in [1.807, 2.05) is 53.7 Å². The molecule has 1 saturated heterocycles. The van der Waals surface area contributed by atoms with Crippen LogP contribution in [0.5, 0.6) is 0 Å². The summed E-state index contributed by atoms with van der Waals surface area (Å²) in [6.45, 7) is 26.7. The highest BCUT2D eigenvalue weighted by atomic mass is 16.4. The zero-order valence-corrected chi connectivity index (χ0v) is 36.5. The predicted molar refractivity (Wildman–Crippen MR) is 226 cm³/mol. The fourth-order valence-corrected chi connectivity index (χ4v) is 8.73. The second-order valence-electron chi connectivity index (χ2n) is 20.0. The monoisotopic (exact) mass is 788 g/mol. The molecule has 2 bridgehead atoms. The molecule has 10 heteroatoms. The van der Waals surface area contributed by atoms with E-state index in [4.69, 9.17) is 0 Å². The van der Waals surface area contributed by atoms with Crippen LogP contribution in [0.2, 0.25) is 0 Å². The van der Waals surface area contributed by atoms with Crippen LogP contribution in [0.4, 0.5) is 0 Å². The van der Waals surface area contributed by atoms with Crippen molar-refractivity contribution >= 4 is 47.4 Å². The predicted octanol–water partition coefficient (Wildman–Crippen LogP) is 7.68. The lowest BCUT2D eigenvalue weighted by atomic mass is 9.77. The van der Waals surface area contributed by atoms with Crippen LogP contribution >= 0.6 is 0 Å². The Labute approximate surface area is 340 Å². The van der Waals surface area contributed by atoms with Gasteiger partial charge >= 0.3 is 11.9 Å². The number of benzene rings is 1. The van der Waals surface area contributed by atoms with E-state index in [0.717, 1.165) is 55.6 Å². The third kappa shape index (κ3) is 11.3. The molecule has 0 spiro atoms. The van der Waals surface area contributed by atoms with Gasteiger partial charge in [0, 0.05) is 52.8 Å². The summed E-state index contributed by atoms with van der Waals surface area (Å²) in [5.41, 5.74) is 2.56. The van der Waals surface area contributed by atoms with Crippen molar-refractivity contribution in [3.8, 4) is 0 Å². The van der Waals surface area contributed by atoms with Crippen molar-refractivity contribution in [2.75, 3.05) is 19.6 Å². The number of carboxylic acid groups (broad SMARTS) is 2. The highest BCUT2D eigenvalue weighted by Crippen LogP contribution is 2.37. The second-order valence-corrected chi connectivity index (χ2v) is 20.0. The number of imide groups is 1. The van der Waals surface area contributed by atoms with E-state index in [-0.39, 0.29) is 47.3 Å². The average Bonchev–Trinajstić information content (AvgIpc) is 3.63. The minimum atomic E-state index is -0.880. The van der Waals surface area contributed by atoms with Gasteiger partial charge in [0.15, 0.2) is 0 Å². The molecule has 3 aliphatic rings. The maximum atomic E-state index is 14.7. The summed E-state index contributed by atoms with van der Waals surface area (Å²) in [5, 5.41) is 23.4. The molecule has 1 fully saturated rings. The van der Waals surface area contributed by atoms with Gasteiger partial charge in [-0.15, -0.1) is 0 Å². The summed E-state index contributed by atoms with van der Waals surface area (Å²) in [6.07, 6.45) is 8.85. The molecule has 1 aromatic rings. The molecule has 1 unspecified atom stereocenters. The third-order valence-electron chi connectivity index (χ3n) is 12.5. The van der Waals surface area contributed by atoms with Crippen LogP contribution in [0, 0.1) is 22.2 Å². The molecule has 2 heterocycles. The Morgan fingerprint density at radius 2 is 1.37 bits per heavy atom. The molecule has 1 aliphatic carbocycles. The highest BCUT2D eigenvalue weighted by molar-refractivity contribution is 6.25. The summed E-state index contributed by atoms with van der Waals surface area (Å²) in [4.78, 5) is 70.2. The first-order chi connectivity index (χ1) is 26.4. The van der Waals surface area contributed by atoms with Crippen LogP contribution in [-0.2, 0) is 19.2 Å². The minimum Gasteiger partial charge on any atom is -0.481 e. The number of allylic oxidation sites excluding steroid dienone is 2. The Morgan fingerprint density at radius 1 is 0.825 bits per heavy atom. The number of carboxylic acids is 2. The number of fused-ring (bicyclic) bond motifs is 1. The summed E-state index contributed by atoms with van der Waals surface area (Å²) in [6, 6.07) is 3.80. The second kappa shape index (κ2) is 17.7. The van der Waals surface area contributed by atoms with Crippen molar-refractivity contribution in [2.45, 2.75) is 152 Å². The Morgan fingerprint density at radius 3 is 1.93 bits per heavy atom. The molecule has 0 radical (unpaired) electrons. The van der Waals surface area contributed by atoms with Crippen LogP contribution < -0.4 is 15.8 Å². The van der Waals surface area contributed by atoms with E-state index in [9.17, 15) is 34.2 Å². The van der Waals surface area contributed by atoms with Gasteiger partial charge in [-0.25, -0.2) is 0 Å². The topological polar surface area (TPSA) is 144 Å². The number of aliphatic carboxylic acids is 2. The van der Waals surface area contributed by atoms with Crippen molar-refractivity contribution in [3.05, 3.63) is 51.0 Å². The van der Waals surface area contributed by atoms with Gasteiger partial charge < -0.3 is 20.4 Å².